The third kappa shape index (κ3) is 2.04. The number of aldehydes is 1. The predicted octanol–water partition coefficient (Wildman–Crippen LogP) is 3.29. The second kappa shape index (κ2) is 4.04. The van der Waals surface area contributed by atoms with Crippen molar-refractivity contribution in [3.63, 3.8) is 0 Å². The zero-order valence-electron chi connectivity index (χ0n) is 10.4. The highest BCUT2D eigenvalue weighted by Crippen LogP contribution is 2.38. The fourth-order valence-corrected chi connectivity index (χ4v) is 2.60. The summed E-state index contributed by atoms with van der Waals surface area (Å²) in [4.78, 5) is 10.7. The molecule has 1 aliphatic carbocycles. The van der Waals surface area contributed by atoms with Crippen molar-refractivity contribution < 1.29 is 4.79 Å². The minimum atomic E-state index is 0.127. The van der Waals surface area contributed by atoms with E-state index in [1.54, 1.807) is 0 Å². The van der Waals surface area contributed by atoms with Crippen LogP contribution in [0, 0.1) is 5.92 Å². The Hall–Kier alpha value is -1.11. The van der Waals surface area contributed by atoms with Crippen molar-refractivity contribution in [2.75, 3.05) is 0 Å². The van der Waals surface area contributed by atoms with Gasteiger partial charge in [-0.25, -0.2) is 0 Å². The van der Waals surface area contributed by atoms with Crippen LogP contribution in [0.1, 0.15) is 43.9 Å². The summed E-state index contributed by atoms with van der Waals surface area (Å²) in [6, 6.07) is 6.74. The van der Waals surface area contributed by atoms with Crippen LogP contribution in [0.5, 0.6) is 0 Å². The molecule has 0 radical (unpaired) electrons. The van der Waals surface area contributed by atoms with Crippen molar-refractivity contribution in [1.29, 1.82) is 0 Å². The van der Waals surface area contributed by atoms with Crippen LogP contribution in [-0.2, 0) is 23.1 Å². The quantitative estimate of drug-likeness (QED) is 0.709. The van der Waals surface area contributed by atoms with E-state index in [-0.39, 0.29) is 5.92 Å². The molecule has 0 aromatic heterocycles. The van der Waals surface area contributed by atoms with Crippen LogP contribution < -0.4 is 0 Å². The minimum absolute atomic E-state index is 0.127. The van der Waals surface area contributed by atoms with Crippen LogP contribution >= 0.6 is 0 Å². The molecule has 0 fully saturated rings. The molecule has 0 heterocycles. The van der Waals surface area contributed by atoms with E-state index in [2.05, 4.69) is 32.0 Å². The Kier molecular flexibility index (Phi) is 2.88. The maximum absolute atomic E-state index is 10.7. The Labute approximate surface area is 97.9 Å². The molecule has 1 aromatic rings. The summed E-state index contributed by atoms with van der Waals surface area (Å²) in [5, 5.41) is 0. The number of rotatable bonds is 3. The van der Waals surface area contributed by atoms with Crippen molar-refractivity contribution in [2.24, 2.45) is 5.92 Å². The molecule has 1 nitrogen and oxygen atoms in total. The van der Waals surface area contributed by atoms with Crippen LogP contribution in [0.2, 0.25) is 0 Å². The summed E-state index contributed by atoms with van der Waals surface area (Å²) >= 11 is 0. The van der Waals surface area contributed by atoms with Gasteiger partial charge in [0.2, 0.25) is 0 Å². The highest BCUT2D eigenvalue weighted by Gasteiger charge is 2.29. The molecule has 0 spiro atoms. The normalized spacial score (nSPS) is 19.2. The first-order valence-electron chi connectivity index (χ1n) is 6.10. The largest absolute Gasteiger partial charge is 0.303 e. The second-order valence-corrected chi connectivity index (χ2v) is 5.69. The zero-order chi connectivity index (χ0) is 11.8. The standard InChI is InChI=1S/C15H20O/c1-11(10-16)8-12-4-5-13-6-7-15(2,3)14(13)9-12/h4-5,9-11H,6-8H2,1-3H3. The number of carbonyl (C=O) groups excluding carboxylic acids is 1. The Morgan fingerprint density at radius 2 is 2.19 bits per heavy atom. The topological polar surface area (TPSA) is 17.1 Å². The fraction of sp³-hybridized carbons (Fsp3) is 0.533. The van der Waals surface area contributed by atoms with Gasteiger partial charge in [0, 0.05) is 5.92 Å². The van der Waals surface area contributed by atoms with Crippen LogP contribution in [0.3, 0.4) is 0 Å². The lowest BCUT2D eigenvalue weighted by molar-refractivity contribution is -0.110. The van der Waals surface area contributed by atoms with E-state index in [0.717, 1.165) is 12.7 Å². The highest BCUT2D eigenvalue weighted by atomic mass is 16.1. The molecule has 2 rings (SSSR count). The van der Waals surface area contributed by atoms with Crippen molar-refractivity contribution in [3.8, 4) is 0 Å². The summed E-state index contributed by atoms with van der Waals surface area (Å²) in [6.45, 7) is 6.60. The van der Waals surface area contributed by atoms with E-state index < -0.39 is 0 Å². The molecule has 0 bridgehead atoms. The zero-order valence-corrected chi connectivity index (χ0v) is 10.4. The first kappa shape index (κ1) is 11.4. The number of hydrogen-bond donors (Lipinski definition) is 0. The van der Waals surface area contributed by atoms with Crippen molar-refractivity contribution in [3.05, 3.63) is 34.9 Å². The van der Waals surface area contributed by atoms with E-state index in [1.165, 1.54) is 29.5 Å². The van der Waals surface area contributed by atoms with Gasteiger partial charge >= 0.3 is 0 Å². The lowest BCUT2D eigenvalue weighted by Gasteiger charge is -2.19. The molecule has 16 heavy (non-hydrogen) atoms. The van der Waals surface area contributed by atoms with E-state index >= 15 is 0 Å². The van der Waals surface area contributed by atoms with Gasteiger partial charge in [0.1, 0.15) is 6.29 Å². The maximum Gasteiger partial charge on any atom is 0.123 e. The van der Waals surface area contributed by atoms with Gasteiger partial charge in [-0.2, -0.15) is 0 Å². The van der Waals surface area contributed by atoms with Crippen LogP contribution in [0.4, 0.5) is 0 Å². The fourth-order valence-electron chi connectivity index (χ4n) is 2.60. The molecule has 0 aliphatic heterocycles. The van der Waals surface area contributed by atoms with Gasteiger partial charge in [0.25, 0.3) is 0 Å². The van der Waals surface area contributed by atoms with Crippen molar-refractivity contribution in [2.45, 2.75) is 45.4 Å². The third-order valence-electron chi connectivity index (χ3n) is 3.71. The van der Waals surface area contributed by atoms with Crippen molar-refractivity contribution in [1.82, 2.24) is 0 Å². The maximum atomic E-state index is 10.7. The van der Waals surface area contributed by atoms with Gasteiger partial charge in [0.15, 0.2) is 0 Å². The van der Waals surface area contributed by atoms with E-state index in [1.807, 2.05) is 6.92 Å². The molecule has 1 aliphatic rings. The molecule has 0 N–H and O–H groups in total. The predicted molar refractivity (Wildman–Crippen MR) is 66.7 cm³/mol. The molecule has 1 unspecified atom stereocenters. The Morgan fingerprint density at radius 3 is 2.88 bits per heavy atom. The molecular formula is C15H20O. The average molecular weight is 216 g/mol. The minimum Gasteiger partial charge on any atom is -0.303 e. The Bertz CT molecular complexity index is 404. The smallest absolute Gasteiger partial charge is 0.123 e. The van der Waals surface area contributed by atoms with Crippen LogP contribution in [0.15, 0.2) is 18.2 Å². The molecule has 1 atom stereocenters. The number of carbonyl (C=O) groups is 1. The molecule has 1 aromatic carbocycles. The Morgan fingerprint density at radius 1 is 1.44 bits per heavy atom. The van der Waals surface area contributed by atoms with Crippen LogP contribution in [0.25, 0.3) is 0 Å². The summed E-state index contributed by atoms with van der Waals surface area (Å²) in [7, 11) is 0. The van der Waals surface area contributed by atoms with Crippen molar-refractivity contribution >= 4 is 6.29 Å². The van der Waals surface area contributed by atoms with Gasteiger partial charge in [-0.1, -0.05) is 39.0 Å². The number of aryl methyl sites for hydroxylation is 1. The van der Waals surface area contributed by atoms with E-state index in [0.29, 0.717) is 5.41 Å². The summed E-state index contributed by atoms with van der Waals surface area (Å²) in [5.41, 5.74) is 4.60. The molecule has 1 heteroatoms. The van der Waals surface area contributed by atoms with Gasteiger partial charge in [-0.05, 0) is 41.4 Å². The SMILES string of the molecule is CC(C=O)Cc1ccc2c(c1)C(C)(C)CC2. The Balaban J connectivity index is 2.29. The molecule has 0 saturated heterocycles. The van der Waals surface area contributed by atoms with E-state index in [9.17, 15) is 4.79 Å². The number of benzene rings is 1. The lowest BCUT2D eigenvalue weighted by Crippen LogP contribution is -2.12. The highest BCUT2D eigenvalue weighted by molar-refractivity contribution is 5.54. The van der Waals surface area contributed by atoms with Crippen LogP contribution in [-0.4, -0.2) is 6.29 Å². The van der Waals surface area contributed by atoms with Gasteiger partial charge < -0.3 is 4.79 Å². The third-order valence-corrected chi connectivity index (χ3v) is 3.71. The van der Waals surface area contributed by atoms with Gasteiger partial charge in [0.05, 0.1) is 0 Å². The lowest BCUT2D eigenvalue weighted by atomic mass is 9.85. The summed E-state index contributed by atoms with van der Waals surface area (Å²) in [5.74, 6) is 0.127. The first-order valence-corrected chi connectivity index (χ1v) is 6.10. The molecular weight excluding hydrogens is 196 g/mol. The second-order valence-electron chi connectivity index (χ2n) is 5.69. The first-order chi connectivity index (χ1) is 7.53. The number of hydrogen-bond acceptors (Lipinski definition) is 1. The molecule has 0 amide bonds. The number of fused-ring (bicyclic) bond motifs is 1. The summed E-state index contributed by atoms with van der Waals surface area (Å²) < 4.78 is 0. The monoisotopic (exact) mass is 216 g/mol. The van der Waals surface area contributed by atoms with Gasteiger partial charge in [-0.15, -0.1) is 0 Å². The molecule has 0 saturated carbocycles. The van der Waals surface area contributed by atoms with Gasteiger partial charge in [-0.3, -0.25) is 0 Å². The molecule has 86 valence electrons. The summed E-state index contributed by atoms with van der Waals surface area (Å²) in [6.07, 6.45) is 4.35. The van der Waals surface area contributed by atoms with E-state index in [4.69, 9.17) is 0 Å². The average Bonchev–Trinajstić information content (AvgIpc) is 2.55.